The van der Waals surface area contributed by atoms with Crippen LogP contribution in [-0.4, -0.2) is 42.0 Å². The van der Waals surface area contributed by atoms with Gasteiger partial charge in [0, 0.05) is 43.0 Å². The van der Waals surface area contributed by atoms with Crippen molar-refractivity contribution in [2.45, 2.75) is 6.04 Å². The summed E-state index contributed by atoms with van der Waals surface area (Å²) in [5, 5.41) is 3.27. The SMILES string of the molecule is O=C(Nc1cc(F)cc(F)c1)N1CCN([C@@H](c2ccccc2)c2ccc(Cl)cc2)CC1. The number of urea groups is 1. The third-order valence-corrected chi connectivity index (χ3v) is 5.63. The first-order valence-electron chi connectivity index (χ1n) is 10.1. The van der Waals surface area contributed by atoms with Gasteiger partial charge in [0.05, 0.1) is 6.04 Å². The van der Waals surface area contributed by atoms with Crippen LogP contribution in [0.4, 0.5) is 19.3 Å². The minimum Gasteiger partial charge on any atom is -0.322 e. The third kappa shape index (κ3) is 5.21. The van der Waals surface area contributed by atoms with Crippen LogP contribution in [-0.2, 0) is 0 Å². The molecule has 1 atom stereocenters. The Kier molecular flexibility index (Phi) is 6.49. The van der Waals surface area contributed by atoms with Crippen LogP contribution >= 0.6 is 11.6 Å². The molecule has 0 aromatic heterocycles. The lowest BCUT2D eigenvalue weighted by Crippen LogP contribution is -2.51. The average Bonchev–Trinajstić information content (AvgIpc) is 2.76. The molecule has 0 bridgehead atoms. The van der Waals surface area contributed by atoms with Crippen LogP contribution in [0, 0.1) is 11.6 Å². The maximum Gasteiger partial charge on any atom is 0.321 e. The molecule has 0 radical (unpaired) electrons. The van der Waals surface area contributed by atoms with Gasteiger partial charge in [-0.1, -0.05) is 54.1 Å². The summed E-state index contributed by atoms with van der Waals surface area (Å²) in [7, 11) is 0. The molecular weight excluding hydrogens is 420 g/mol. The highest BCUT2D eigenvalue weighted by atomic mass is 35.5. The Hall–Kier alpha value is -2.96. The molecule has 0 unspecified atom stereocenters. The van der Waals surface area contributed by atoms with E-state index in [0.29, 0.717) is 31.2 Å². The van der Waals surface area contributed by atoms with Crippen LogP contribution in [0.5, 0.6) is 0 Å². The van der Waals surface area contributed by atoms with E-state index in [1.165, 1.54) is 0 Å². The number of carbonyl (C=O) groups is 1. The molecule has 1 aliphatic rings. The Labute approximate surface area is 185 Å². The van der Waals surface area contributed by atoms with Gasteiger partial charge in [-0.05, 0) is 35.4 Å². The molecule has 3 aromatic carbocycles. The molecule has 1 fully saturated rings. The minimum absolute atomic E-state index is 0.0426. The van der Waals surface area contributed by atoms with E-state index < -0.39 is 11.6 Å². The van der Waals surface area contributed by atoms with Gasteiger partial charge in [-0.15, -0.1) is 0 Å². The van der Waals surface area contributed by atoms with Crippen molar-refractivity contribution in [3.63, 3.8) is 0 Å². The number of halogens is 3. The van der Waals surface area contributed by atoms with Gasteiger partial charge in [-0.25, -0.2) is 13.6 Å². The second-order valence-electron chi connectivity index (χ2n) is 7.48. The summed E-state index contributed by atoms with van der Waals surface area (Å²) >= 11 is 6.08. The monoisotopic (exact) mass is 441 g/mol. The molecule has 4 nitrogen and oxygen atoms in total. The highest BCUT2D eigenvalue weighted by Crippen LogP contribution is 2.30. The lowest BCUT2D eigenvalue weighted by atomic mass is 9.96. The number of benzene rings is 3. The van der Waals surface area contributed by atoms with E-state index in [0.717, 1.165) is 29.3 Å². The fourth-order valence-electron chi connectivity index (χ4n) is 3.91. The second-order valence-corrected chi connectivity index (χ2v) is 7.91. The van der Waals surface area contributed by atoms with Crippen molar-refractivity contribution in [3.8, 4) is 0 Å². The van der Waals surface area contributed by atoms with Crippen molar-refractivity contribution in [2.24, 2.45) is 0 Å². The number of rotatable bonds is 4. The number of amides is 2. The normalized spacial score (nSPS) is 15.5. The molecule has 0 saturated carbocycles. The summed E-state index contributed by atoms with van der Waals surface area (Å²) in [5.41, 5.74) is 2.40. The maximum atomic E-state index is 13.4. The molecule has 1 N–H and O–H groups in total. The van der Waals surface area contributed by atoms with Gasteiger partial charge in [0.15, 0.2) is 0 Å². The van der Waals surface area contributed by atoms with Gasteiger partial charge >= 0.3 is 6.03 Å². The molecule has 0 spiro atoms. The van der Waals surface area contributed by atoms with Crippen LogP contribution in [0.25, 0.3) is 0 Å². The van der Waals surface area contributed by atoms with Crippen LogP contribution < -0.4 is 5.32 Å². The Bertz CT molecular complexity index is 1020. The molecule has 160 valence electrons. The molecular formula is C24H22ClF2N3O. The lowest BCUT2D eigenvalue weighted by Gasteiger charge is -2.39. The van der Waals surface area contributed by atoms with Crippen molar-refractivity contribution in [3.05, 3.63) is 101 Å². The lowest BCUT2D eigenvalue weighted by molar-refractivity contribution is 0.126. The van der Waals surface area contributed by atoms with Crippen LogP contribution in [0.2, 0.25) is 5.02 Å². The van der Waals surface area contributed by atoms with Gasteiger partial charge in [0.25, 0.3) is 0 Å². The minimum atomic E-state index is -0.728. The van der Waals surface area contributed by atoms with E-state index in [9.17, 15) is 13.6 Å². The van der Waals surface area contributed by atoms with E-state index in [1.807, 2.05) is 42.5 Å². The second kappa shape index (κ2) is 9.45. The molecule has 31 heavy (non-hydrogen) atoms. The van der Waals surface area contributed by atoms with Crippen LogP contribution in [0.1, 0.15) is 17.2 Å². The Morgan fingerprint density at radius 1 is 0.839 bits per heavy atom. The van der Waals surface area contributed by atoms with Crippen molar-refractivity contribution in [1.29, 1.82) is 0 Å². The fraction of sp³-hybridized carbons (Fsp3) is 0.208. The number of hydrogen-bond acceptors (Lipinski definition) is 2. The van der Waals surface area contributed by atoms with Crippen LogP contribution in [0.15, 0.2) is 72.8 Å². The summed E-state index contributed by atoms with van der Waals surface area (Å²) < 4.78 is 26.8. The maximum absolute atomic E-state index is 13.4. The Morgan fingerprint density at radius 3 is 2.03 bits per heavy atom. The van der Waals surface area contributed by atoms with E-state index >= 15 is 0 Å². The van der Waals surface area contributed by atoms with Crippen LogP contribution in [0.3, 0.4) is 0 Å². The summed E-state index contributed by atoms with van der Waals surface area (Å²) in [6.07, 6.45) is 0. The first-order chi connectivity index (χ1) is 15.0. The molecule has 7 heteroatoms. The molecule has 0 aliphatic carbocycles. The fourth-order valence-corrected chi connectivity index (χ4v) is 4.03. The number of nitrogens with zero attached hydrogens (tertiary/aromatic N) is 2. The zero-order chi connectivity index (χ0) is 21.8. The average molecular weight is 442 g/mol. The standard InChI is InChI=1S/C24H22ClF2N3O/c25-19-8-6-18(7-9-19)23(17-4-2-1-3-5-17)29-10-12-30(13-11-29)24(31)28-22-15-20(26)14-21(27)16-22/h1-9,14-16,23H,10-13H2,(H,28,31)/t23-/m0/s1. The Balaban J connectivity index is 1.46. The third-order valence-electron chi connectivity index (χ3n) is 5.38. The van der Waals surface area contributed by atoms with E-state index in [4.69, 9.17) is 11.6 Å². The van der Waals surface area contributed by atoms with E-state index in [-0.39, 0.29) is 17.8 Å². The topological polar surface area (TPSA) is 35.6 Å². The quantitative estimate of drug-likeness (QED) is 0.575. The van der Waals surface area contributed by atoms with Crippen molar-refractivity contribution >= 4 is 23.3 Å². The van der Waals surface area contributed by atoms with Gasteiger partial charge < -0.3 is 10.2 Å². The van der Waals surface area contributed by atoms with E-state index in [1.54, 1.807) is 4.90 Å². The predicted octanol–water partition coefficient (Wildman–Crippen LogP) is 5.56. The largest absolute Gasteiger partial charge is 0.322 e. The van der Waals surface area contributed by atoms with Crippen molar-refractivity contribution in [1.82, 2.24) is 9.80 Å². The summed E-state index contributed by atoms with van der Waals surface area (Å²) in [5.74, 6) is -1.46. The van der Waals surface area contributed by atoms with Gasteiger partial charge in [0.1, 0.15) is 11.6 Å². The van der Waals surface area contributed by atoms with Gasteiger partial charge in [-0.3, -0.25) is 4.90 Å². The predicted molar refractivity (Wildman–Crippen MR) is 118 cm³/mol. The zero-order valence-electron chi connectivity index (χ0n) is 16.8. The zero-order valence-corrected chi connectivity index (χ0v) is 17.5. The number of nitrogens with one attached hydrogen (secondary N) is 1. The highest BCUT2D eigenvalue weighted by Gasteiger charge is 2.28. The van der Waals surface area contributed by atoms with Crippen molar-refractivity contribution in [2.75, 3.05) is 31.5 Å². The first kappa shape index (κ1) is 21.3. The molecule has 2 amide bonds. The molecule has 3 aromatic rings. The summed E-state index contributed by atoms with van der Waals surface area (Å²) in [4.78, 5) is 16.6. The number of carbonyl (C=O) groups excluding carboxylic acids is 1. The van der Waals surface area contributed by atoms with Gasteiger partial charge in [-0.2, -0.15) is 0 Å². The molecule has 4 rings (SSSR count). The smallest absolute Gasteiger partial charge is 0.321 e. The van der Waals surface area contributed by atoms with Crippen molar-refractivity contribution < 1.29 is 13.6 Å². The molecule has 1 saturated heterocycles. The number of hydrogen-bond donors (Lipinski definition) is 1. The molecule has 1 heterocycles. The number of anilines is 1. The summed E-state index contributed by atoms with van der Waals surface area (Å²) in [6, 6.07) is 20.7. The number of piperazine rings is 1. The Morgan fingerprint density at radius 2 is 1.42 bits per heavy atom. The molecule has 1 aliphatic heterocycles. The van der Waals surface area contributed by atoms with Gasteiger partial charge in [0.2, 0.25) is 0 Å². The van der Waals surface area contributed by atoms with E-state index in [2.05, 4.69) is 22.3 Å². The summed E-state index contributed by atoms with van der Waals surface area (Å²) in [6.45, 7) is 2.32. The highest BCUT2D eigenvalue weighted by molar-refractivity contribution is 6.30. The first-order valence-corrected chi connectivity index (χ1v) is 10.4.